The van der Waals surface area contributed by atoms with Crippen LogP contribution in [-0.2, 0) is 9.53 Å². The van der Waals surface area contributed by atoms with Crippen molar-refractivity contribution in [2.24, 2.45) is 0 Å². The Hall–Kier alpha value is -3.75. The Morgan fingerprint density at radius 3 is 2.41 bits per heavy atom. The lowest BCUT2D eigenvalue weighted by atomic mass is 10.2. The van der Waals surface area contributed by atoms with Gasteiger partial charge in [-0.2, -0.15) is 0 Å². The van der Waals surface area contributed by atoms with Crippen LogP contribution in [-0.4, -0.2) is 35.9 Å². The van der Waals surface area contributed by atoms with Gasteiger partial charge in [0.1, 0.15) is 0 Å². The Kier molecular flexibility index (Phi) is 6.59. The molecule has 9 heteroatoms. The molecule has 0 spiro atoms. The molecule has 0 aliphatic rings. The molecule has 0 aliphatic carbocycles. The van der Waals surface area contributed by atoms with E-state index in [4.69, 9.17) is 4.74 Å². The number of nitro benzene ring substituents is 1. The number of carbonyl (C=O) groups excluding carboxylic acids is 3. The van der Waals surface area contributed by atoms with E-state index in [1.807, 2.05) is 0 Å². The van der Waals surface area contributed by atoms with Crippen molar-refractivity contribution in [3.63, 3.8) is 0 Å². The second-order valence-corrected chi connectivity index (χ2v) is 5.34. The van der Waals surface area contributed by atoms with Crippen LogP contribution in [0.15, 0.2) is 48.5 Å². The number of nitrogens with one attached hydrogen (secondary N) is 2. The number of anilines is 1. The van der Waals surface area contributed by atoms with Gasteiger partial charge >= 0.3 is 5.97 Å². The molecule has 0 fully saturated rings. The Labute approximate surface area is 154 Å². The third kappa shape index (κ3) is 5.63. The summed E-state index contributed by atoms with van der Waals surface area (Å²) in [4.78, 5) is 45.6. The molecule has 2 N–H and O–H groups in total. The number of nitro groups is 1. The molecule has 0 aliphatic heterocycles. The van der Waals surface area contributed by atoms with Crippen LogP contribution in [0.2, 0.25) is 0 Å². The fourth-order valence-corrected chi connectivity index (χ4v) is 2.13. The summed E-state index contributed by atoms with van der Waals surface area (Å²) in [5, 5.41) is 15.7. The van der Waals surface area contributed by atoms with E-state index in [2.05, 4.69) is 10.6 Å². The number of amides is 2. The van der Waals surface area contributed by atoms with Gasteiger partial charge in [0.2, 0.25) is 5.91 Å². The summed E-state index contributed by atoms with van der Waals surface area (Å²) in [6.07, 6.45) is 0. The fourth-order valence-electron chi connectivity index (χ4n) is 2.13. The highest BCUT2D eigenvalue weighted by atomic mass is 16.6. The van der Waals surface area contributed by atoms with Gasteiger partial charge in [-0.05, 0) is 37.3 Å². The predicted octanol–water partition coefficient (Wildman–Crippen LogP) is 2.14. The molecule has 0 radical (unpaired) electrons. The summed E-state index contributed by atoms with van der Waals surface area (Å²) in [5.41, 5.74) is 0.663. The third-order valence-electron chi connectivity index (χ3n) is 3.41. The summed E-state index contributed by atoms with van der Waals surface area (Å²) in [6, 6.07) is 11.3. The average Bonchev–Trinajstić information content (AvgIpc) is 2.67. The van der Waals surface area contributed by atoms with Crippen LogP contribution in [0.1, 0.15) is 27.6 Å². The smallest absolute Gasteiger partial charge is 0.338 e. The van der Waals surface area contributed by atoms with Gasteiger partial charge in [-0.15, -0.1) is 0 Å². The van der Waals surface area contributed by atoms with Gasteiger partial charge in [0.25, 0.3) is 11.6 Å². The molecule has 9 nitrogen and oxygen atoms in total. The van der Waals surface area contributed by atoms with Crippen molar-refractivity contribution in [3.8, 4) is 0 Å². The van der Waals surface area contributed by atoms with Crippen LogP contribution in [0.25, 0.3) is 0 Å². The summed E-state index contributed by atoms with van der Waals surface area (Å²) < 4.78 is 4.86. The van der Waals surface area contributed by atoms with E-state index in [0.29, 0.717) is 11.3 Å². The molecule has 2 amide bonds. The van der Waals surface area contributed by atoms with Crippen molar-refractivity contribution < 1.29 is 24.0 Å². The summed E-state index contributed by atoms with van der Waals surface area (Å²) in [6.45, 7) is 1.65. The van der Waals surface area contributed by atoms with E-state index >= 15 is 0 Å². The lowest BCUT2D eigenvalue weighted by Gasteiger charge is -2.08. The number of hydrogen-bond donors (Lipinski definition) is 2. The first-order valence-corrected chi connectivity index (χ1v) is 8.00. The molecular weight excluding hydrogens is 354 g/mol. The van der Waals surface area contributed by atoms with Gasteiger partial charge in [0, 0.05) is 23.4 Å². The van der Waals surface area contributed by atoms with E-state index in [1.54, 1.807) is 6.92 Å². The molecule has 0 saturated carbocycles. The number of carbonyl (C=O) groups is 3. The molecule has 2 aromatic rings. The number of benzene rings is 2. The first kappa shape index (κ1) is 19.6. The second kappa shape index (κ2) is 9.09. The van der Waals surface area contributed by atoms with Crippen molar-refractivity contribution in [3.05, 3.63) is 69.8 Å². The zero-order chi connectivity index (χ0) is 19.8. The van der Waals surface area contributed by atoms with Gasteiger partial charge in [-0.3, -0.25) is 19.7 Å². The maximum atomic E-state index is 12.0. The quantitative estimate of drug-likeness (QED) is 0.436. The number of non-ortho nitro benzene ring substituents is 1. The van der Waals surface area contributed by atoms with E-state index in [-0.39, 0.29) is 24.4 Å². The van der Waals surface area contributed by atoms with Gasteiger partial charge in [-0.1, -0.05) is 6.07 Å². The van der Waals surface area contributed by atoms with E-state index < -0.39 is 22.7 Å². The van der Waals surface area contributed by atoms with Crippen LogP contribution in [0.4, 0.5) is 11.4 Å². The second-order valence-electron chi connectivity index (χ2n) is 5.34. The van der Waals surface area contributed by atoms with Crippen LogP contribution in [0, 0.1) is 10.1 Å². The molecule has 0 saturated heterocycles. The van der Waals surface area contributed by atoms with E-state index in [0.717, 1.165) is 6.07 Å². The van der Waals surface area contributed by atoms with E-state index in [9.17, 15) is 24.5 Å². The molecular formula is C18H17N3O6. The maximum absolute atomic E-state index is 12.0. The zero-order valence-electron chi connectivity index (χ0n) is 14.4. The molecule has 2 rings (SSSR count). The standard InChI is InChI=1S/C18H17N3O6/c1-2-27-18(24)12-6-8-14(9-7-12)20-16(22)11-19-17(23)13-4-3-5-15(10-13)21(25)26/h3-10H,2,11H2,1H3,(H,19,23)(H,20,22). The zero-order valence-corrected chi connectivity index (χ0v) is 14.4. The summed E-state index contributed by atoms with van der Waals surface area (Å²) >= 11 is 0. The lowest BCUT2D eigenvalue weighted by Crippen LogP contribution is -2.32. The van der Waals surface area contributed by atoms with Crippen LogP contribution in [0.3, 0.4) is 0 Å². The maximum Gasteiger partial charge on any atom is 0.338 e. The fraction of sp³-hybridized carbons (Fsp3) is 0.167. The molecule has 27 heavy (non-hydrogen) atoms. The van der Waals surface area contributed by atoms with Crippen LogP contribution < -0.4 is 10.6 Å². The minimum atomic E-state index is -0.608. The number of esters is 1. The lowest BCUT2D eigenvalue weighted by molar-refractivity contribution is -0.384. The highest BCUT2D eigenvalue weighted by Crippen LogP contribution is 2.13. The van der Waals surface area contributed by atoms with Crippen molar-refractivity contribution in [2.45, 2.75) is 6.92 Å². The molecule has 0 bridgehead atoms. The largest absolute Gasteiger partial charge is 0.462 e. The Bertz CT molecular complexity index is 864. The Morgan fingerprint density at radius 2 is 1.78 bits per heavy atom. The first-order valence-electron chi connectivity index (χ1n) is 8.00. The highest BCUT2D eigenvalue weighted by molar-refractivity contribution is 5.99. The Balaban J connectivity index is 1.88. The van der Waals surface area contributed by atoms with Crippen molar-refractivity contribution in [2.75, 3.05) is 18.5 Å². The van der Waals surface area contributed by atoms with Crippen LogP contribution in [0.5, 0.6) is 0 Å². The van der Waals surface area contributed by atoms with Crippen molar-refractivity contribution in [1.29, 1.82) is 0 Å². The molecule has 140 valence electrons. The topological polar surface area (TPSA) is 128 Å². The first-order chi connectivity index (χ1) is 12.9. The minimum Gasteiger partial charge on any atom is -0.462 e. The third-order valence-corrected chi connectivity index (χ3v) is 3.41. The predicted molar refractivity (Wildman–Crippen MR) is 96.5 cm³/mol. The number of nitrogens with zero attached hydrogens (tertiary/aromatic N) is 1. The van der Waals surface area contributed by atoms with Crippen molar-refractivity contribution in [1.82, 2.24) is 5.32 Å². The van der Waals surface area contributed by atoms with Gasteiger partial charge in [0.05, 0.1) is 23.6 Å². The van der Waals surface area contributed by atoms with Gasteiger partial charge < -0.3 is 15.4 Å². The summed E-state index contributed by atoms with van der Waals surface area (Å²) in [7, 11) is 0. The summed E-state index contributed by atoms with van der Waals surface area (Å²) in [5.74, 6) is -1.55. The van der Waals surface area contributed by atoms with Crippen molar-refractivity contribution >= 4 is 29.2 Å². The van der Waals surface area contributed by atoms with Gasteiger partial charge in [-0.25, -0.2) is 4.79 Å². The molecule has 2 aromatic carbocycles. The minimum absolute atomic E-state index is 0.0794. The van der Waals surface area contributed by atoms with E-state index in [1.165, 1.54) is 42.5 Å². The van der Waals surface area contributed by atoms with Gasteiger partial charge in [0.15, 0.2) is 0 Å². The number of hydrogen-bond acceptors (Lipinski definition) is 6. The SMILES string of the molecule is CCOC(=O)c1ccc(NC(=O)CNC(=O)c2cccc([N+](=O)[O-])c2)cc1. The number of rotatable bonds is 7. The molecule has 0 aromatic heterocycles. The highest BCUT2D eigenvalue weighted by Gasteiger charge is 2.13. The Morgan fingerprint density at radius 1 is 1.07 bits per heavy atom. The van der Waals surface area contributed by atoms with Crippen LogP contribution >= 0.6 is 0 Å². The molecule has 0 heterocycles. The molecule has 0 unspecified atom stereocenters. The average molecular weight is 371 g/mol. The number of ether oxygens (including phenoxy) is 1. The normalized spacial score (nSPS) is 9.96. The molecule has 0 atom stereocenters. The monoisotopic (exact) mass is 371 g/mol.